The number of hydrogen-bond acceptors (Lipinski definition) is 5. The number of aryl methyl sites for hydroxylation is 1. The molecule has 1 aromatic carbocycles. The van der Waals surface area contributed by atoms with E-state index in [1.54, 1.807) is 11.3 Å². The smallest absolute Gasteiger partial charge is 0.141 e. The Balaban J connectivity index is 1.74. The van der Waals surface area contributed by atoms with Gasteiger partial charge in [0.05, 0.1) is 11.5 Å². The van der Waals surface area contributed by atoms with Crippen LogP contribution >= 0.6 is 11.3 Å². The van der Waals surface area contributed by atoms with Crippen LogP contribution in [0.4, 0.5) is 5.82 Å². The summed E-state index contributed by atoms with van der Waals surface area (Å²) in [5.74, 6) is 1.92. The number of benzene rings is 1. The third-order valence-electron chi connectivity index (χ3n) is 4.75. The first-order valence-electron chi connectivity index (χ1n) is 8.94. The fraction of sp³-hybridized carbons (Fsp3) is 0.400. The van der Waals surface area contributed by atoms with Crippen LogP contribution < -0.4 is 4.90 Å². The highest BCUT2D eigenvalue weighted by molar-refractivity contribution is 7.17. The largest absolute Gasteiger partial charge is 0.378 e. The van der Waals surface area contributed by atoms with E-state index in [1.807, 2.05) is 6.92 Å². The average Bonchev–Trinajstić information content (AvgIpc) is 3.06. The highest BCUT2D eigenvalue weighted by Gasteiger charge is 2.24. The number of ether oxygens (including phenoxy) is 1. The number of hydrogen-bond donors (Lipinski definition) is 0. The van der Waals surface area contributed by atoms with Crippen molar-refractivity contribution < 1.29 is 4.74 Å². The summed E-state index contributed by atoms with van der Waals surface area (Å²) in [6.45, 7) is 6.82. The van der Waals surface area contributed by atoms with E-state index in [4.69, 9.17) is 9.72 Å². The molecule has 0 radical (unpaired) electrons. The summed E-state index contributed by atoms with van der Waals surface area (Å²) in [5.41, 5.74) is 2.47. The molecule has 2 aromatic heterocycles. The van der Waals surface area contributed by atoms with Gasteiger partial charge in [-0.05, 0) is 32.3 Å². The molecule has 25 heavy (non-hydrogen) atoms. The van der Waals surface area contributed by atoms with E-state index < -0.39 is 0 Å². The average molecular weight is 353 g/mol. The first-order valence-corrected chi connectivity index (χ1v) is 9.82. The number of nitrogens with zero attached hydrogens (tertiary/aromatic N) is 3. The predicted molar refractivity (Wildman–Crippen MR) is 104 cm³/mol. The van der Waals surface area contributed by atoms with Crippen molar-refractivity contribution in [2.75, 3.05) is 24.6 Å². The van der Waals surface area contributed by atoms with Crippen LogP contribution in [0.25, 0.3) is 21.3 Å². The van der Waals surface area contributed by atoms with Crippen molar-refractivity contribution in [2.24, 2.45) is 0 Å². The maximum Gasteiger partial charge on any atom is 0.141 e. The Kier molecular flexibility index (Phi) is 4.68. The van der Waals surface area contributed by atoms with Crippen LogP contribution in [0.5, 0.6) is 0 Å². The van der Waals surface area contributed by atoms with E-state index in [9.17, 15) is 0 Å². The standard InChI is InChI=1S/C20H23N3OS/c1-3-24-16-9-11-23(12-10-16)19-18-17(15-7-5-4-6-8-15)13-25-20(18)22-14(2)21-19/h4-8,13,16H,3,9-12H2,1-2H3. The SMILES string of the molecule is CCOC1CCN(c2nc(C)nc3scc(-c4ccccc4)c23)CC1. The van der Waals surface area contributed by atoms with Gasteiger partial charge in [-0.3, -0.25) is 0 Å². The highest BCUT2D eigenvalue weighted by Crippen LogP contribution is 2.39. The van der Waals surface area contributed by atoms with E-state index in [2.05, 4.69) is 52.5 Å². The van der Waals surface area contributed by atoms with Crippen molar-refractivity contribution in [3.05, 3.63) is 41.5 Å². The molecule has 0 aliphatic carbocycles. The normalized spacial score (nSPS) is 15.8. The molecule has 0 N–H and O–H groups in total. The first kappa shape index (κ1) is 16.5. The molecule has 1 aliphatic rings. The second-order valence-corrected chi connectivity index (χ2v) is 7.29. The Morgan fingerprint density at radius 2 is 1.92 bits per heavy atom. The van der Waals surface area contributed by atoms with Crippen molar-refractivity contribution in [1.29, 1.82) is 0 Å². The molecule has 0 atom stereocenters. The molecule has 1 fully saturated rings. The van der Waals surface area contributed by atoms with Gasteiger partial charge in [0.1, 0.15) is 16.5 Å². The van der Waals surface area contributed by atoms with E-state index in [0.717, 1.165) is 49.0 Å². The zero-order valence-electron chi connectivity index (χ0n) is 14.7. The molecular formula is C20H23N3OS. The lowest BCUT2D eigenvalue weighted by molar-refractivity contribution is 0.0459. The molecule has 130 valence electrons. The maximum absolute atomic E-state index is 5.80. The van der Waals surface area contributed by atoms with Crippen molar-refractivity contribution in [3.63, 3.8) is 0 Å². The molecule has 4 nitrogen and oxygen atoms in total. The number of rotatable bonds is 4. The molecule has 1 aliphatic heterocycles. The minimum Gasteiger partial charge on any atom is -0.378 e. The van der Waals surface area contributed by atoms with Crippen molar-refractivity contribution in [2.45, 2.75) is 32.8 Å². The maximum atomic E-state index is 5.80. The lowest BCUT2D eigenvalue weighted by Crippen LogP contribution is -2.37. The number of anilines is 1. The summed E-state index contributed by atoms with van der Waals surface area (Å²) in [6.07, 6.45) is 2.50. The molecular weight excluding hydrogens is 330 g/mol. The number of fused-ring (bicyclic) bond motifs is 1. The number of piperidine rings is 1. The number of aromatic nitrogens is 2. The van der Waals surface area contributed by atoms with Crippen LogP contribution in [0.2, 0.25) is 0 Å². The summed E-state index contributed by atoms with van der Waals surface area (Å²) in [6, 6.07) is 10.5. The Labute approximate surface area is 152 Å². The Morgan fingerprint density at radius 3 is 2.64 bits per heavy atom. The molecule has 0 saturated carbocycles. The van der Waals surface area contributed by atoms with Gasteiger partial charge in [-0.1, -0.05) is 30.3 Å². The minimum absolute atomic E-state index is 0.385. The lowest BCUT2D eigenvalue weighted by Gasteiger charge is -2.33. The van der Waals surface area contributed by atoms with Gasteiger partial charge in [0.15, 0.2) is 0 Å². The van der Waals surface area contributed by atoms with E-state index in [0.29, 0.717) is 6.10 Å². The molecule has 0 bridgehead atoms. The Hall–Kier alpha value is -1.98. The van der Waals surface area contributed by atoms with Gasteiger partial charge in [0.25, 0.3) is 0 Å². The van der Waals surface area contributed by atoms with Crippen LogP contribution in [0.15, 0.2) is 35.7 Å². The van der Waals surface area contributed by atoms with Gasteiger partial charge in [0.2, 0.25) is 0 Å². The molecule has 4 rings (SSSR count). The zero-order valence-corrected chi connectivity index (χ0v) is 15.6. The topological polar surface area (TPSA) is 38.2 Å². The summed E-state index contributed by atoms with van der Waals surface area (Å²) in [7, 11) is 0. The third-order valence-corrected chi connectivity index (χ3v) is 5.63. The fourth-order valence-electron chi connectivity index (χ4n) is 3.56. The van der Waals surface area contributed by atoms with Crippen molar-refractivity contribution >= 4 is 27.4 Å². The van der Waals surface area contributed by atoms with Gasteiger partial charge < -0.3 is 9.64 Å². The second kappa shape index (κ2) is 7.10. The molecule has 3 heterocycles. The Morgan fingerprint density at radius 1 is 1.16 bits per heavy atom. The van der Waals surface area contributed by atoms with Gasteiger partial charge in [-0.25, -0.2) is 9.97 Å². The molecule has 0 amide bonds. The Bertz CT molecular complexity index is 854. The fourth-order valence-corrected chi connectivity index (χ4v) is 4.54. The molecule has 5 heteroatoms. The van der Waals surface area contributed by atoms with Crippen molar-refractivity contribution in [3.8, 4) is 11.1 Å². The quantitative estimate of drug-likeness (QED) is 0.683. The van der Waals surface area contributed by atoms with Gasteiger partial charge >= 0.3 is 0 Å². The highest BCUT2D eigenvalue weighted by atomic mass is 32.1. The molecule has 0 spiro atoms. The van der Waals surface area contributed by atoms with Gasteiger partial charge in [-0.15, -0.1) is 11.3 Å². The van der Waals surface area contributed by atoms with Crippen LogP contribution in [-0.2, 0) is 4.74 Å². The molecule has 3 aromatic rings. The minimum atomic E-state index is 0.385. The van der Waals surface area contributed by atoms with Gasteiger partial charge in [-0.2, -0.15) is 0 Å². The van der Waals surface area contributed by atoms with Crippen molar-refractivity contribution in [1.82, 2.24) is 9.97 Å². The summed E-state index contributed by atoms with van der Waals surface area (Å²) >= 11 is 1.71. The molecule has 1 saturated heterocycles. The third kappa shape index (κ3) is 3.26. The molecule has 0 unspecified atom stereocenters. The van der Waals surface area contributed by atoms with Crippen LogP contribution in [0, 0.1) is 6.92 Å². The summed E-state index contributed by atoms with van der Waals surface area (Å²) in [4.78, 5) is 13.0. The van der Waals surface area contributed by atoms with Crippen LogP contribution in [0.1, 0.15) is 25.6 Å². The predicted octanol–water partition coefficient (Wildman–Crippen LogP) is 4.67. The van der Waals surface area contributed by atoms with E-state index in [1.165, 1.54) is 16.5 Å². The van der Waals surface area contributed by atoms with Crippen LogP contribution in [0.3, 0.4) is 0 Å². The van der Waals surface area contributed by atoms with E-state index in [-0.39, 0.29) is 0 Å². The first-order chi connectivity index (χ1) is 12.3. The van der Waals surface area contributed by atoms with Gasteiger partial charge in [0, 0.05) is 30.6 Å². The van der Waals surface area contributed by atoms with E-state index >= 15 is 0 Å². The monoisotopic (exact) mass is 353 g/mol. The summed E-state index contributed by atoms with van der Waals surface area (Å²) < 4.78 is 5.80. The summed E-state index contributed by atoms with van der Waals surface area (Å²) in [5, 5.41) is 3.40. The number of thiophene rings is 1. The van der Waals surface area contributed by atoms with Crippen LogP contribution in [-0.4, -0.2) is 35.8 Å². The zero-order chi connectivity index (χ0) is 17.2. The second-order valence-electron chi connectivity index (χ2n) is 6.43. The lowest BCUT2D eigenvalue weighted by atomic mass is 10.0.